The molecule has 0 heterocycles. The first-order chi connectivity index (χ1) is 10.1. The predicted molar refractivity (Wildman–Crippen MR) is 86.3 cm³/mol. The molecule has 124 valence electrons. The van der Waals surface area contributed by atoms with Gasteiger partial charge in [0, 0.05) is 26.1 Å². The van der Waals surface area contributed by atoms with Gasteiger partial charge in [0.15, 0.2) is 0 Å². The molecule has 2 amide bonds. The van der Waals surface area contributed by atoms with Crippen molar-refractivity contribution in [1.82, 2.24) is 15.5 Å². The summed E-state index contributed by atoms with van der Waals surface area (Å²) in [4.78, 5) is 25.2. The van der Waals surface area contributed by atoms with E-state index in [9.17, 15) is 14.0 Å². The molecule has 0 unspecified atom stereocenters. The van der Waals surface area contributed by atoms with Gasteiger partial charge in [0.1, 0.15) is 5.82 Å². The minimum absolute atomic E-state index is 0. The third-order valence-electron chi connectivity index (χ3n) is 3.06. The van der Waals surface area contributed by atoms with Gasteiger partial charge in [-0.3, -0.25) is 9.59 Å². The van der Waals surface area contributed by atoms with Gasteiger partial charge in [0.2, 0.25) is 11.8 Å². The van der Waals surface area contributed by atoms with Crippen molar-refractivity contribution in [2.75, 3.05) is 26.7 Å². The second-order valence-corrected chi connectivity index (χ2v) is 4.66. The maximum absolute atomic E-state index is 12.8. The molecule has 22 heavy (non-hydrogen) atoms. The SMILES string of the molecule is CCN(CC(=O)NCc1ccc(F)cc1)C(=O)CCNC.Cl. The summed E-state index contributed by atoms with van der Waals surface area (Å²) in [5.41, 5.74) is 0.814. The zero-order chi connectivity index (χ0) is 15.7. The van der Waals surface area contributed by atoms with Crippen molar-refractivity contribution in [3.63, 3.8) is 0 Å². The molecule has 1 aromatic rings. The van der Waals surface area contributed by atoms with Gasteiger partial charge < -0.3 is 15.5 Å². The zero-order valence-corrected chi connectivity index (χ0v) is 13.7. The number of benzene rings is 1. The maximum Gasteiger partial charge on any atom is 0.239 e. The highest BCUT2D eigenvalue weighted by Gasteiger charge is 2.14. The number of hydrogen-bond donors (Lipinski definition) is 2. The second-order valence-electron chi connectivity index (χ2n) is 4.66. The van der Waals surface area contributed by atoms with Crippen LogP contribution in [0.25, 0.3) is 0 Å². The van der Waals surface area contributed by atoms with Crippen LogP contribution in [0, 0.1) is 5.82 Å². The van der Waals surface area contributed by atoms with Crippen molar-refractivity contribution >= 4 is 24.2 Å². The third kappa shape index (κ3) is 7.38. The molecule has 7 heteroatoms. The molecule has 0 aromatic heterocycles. The molecule has 1 rings (SSSR count). The largest absolute Gasteiger partial charge is 0.350 e. The normalized spacial score (nSPS) is 9.77. The summed E-state index contributed by atoms with van der Waals surface area (Å²) in [5.74, 6) is -0.583. The number of nitrogens with zero attached hydrogens (tertiary/aromatic N) is 1. The molecular weight excluding hydrogens is 309 g/mol. The summed E-state index contributed by atoms with van der Waals surface area (Å²) >= 11 is 0. The van der Waals surface area contributed by atoms with Gasteiger partial charge in [-0.05, 0) is 31.7 Å². The Kier molecular flexibility index (Phi) is 10.2. The van der Waals surface area contributed by atoms with Gasteiger partial charge >= 0.3 is 0 Å². The molecule has 0 bridgehead atoms. The Labute approximate surface area is 136 Å². The van der Waals surface area contributed by atoms with Gasteiger partial charge in [-0.15, -0.1) is 12.4 Å². The number of halogens is 2. The quantitative estimate of drug-likeness (QED) is 0.755. The van der Waals surface area contributed by atoms with Crippen LogP contribution >= 0.6 is 12.4 Å². The molecule has 0 aliphatic carbocycles. The number of carbonyl (C=O) groups excluding carboxylic acids is 2. The standard InChI is InChI=1S/C15H22FN3O2.ClH/c1-3-19(15(21)8-9-17-2)11-14(20)18-10-12-4-6-13(16)7-5-12;/h4-7,17H,3,8-11H2,1-2H3,(H,18,20);1H. The van der Waals surface area contributed by atoms with Crippen molar-refractivity contribution in [3.05, 3.63) is 35.6 Å². The van der Waals surface area contributed by atoms with Crippen molar-refractivity contribution in [1.29, 1.82) is 0 Å². The molecular formula is C15H23ClFN3O2. The lowest BCUT2D eigenvalue weighted by molar-refractivity contribution is -0.135. The minimum atomic E-state index is -0.308. The number of hydrogen-bond acceptors (Lipinski definition) is 3. The van der Waals surface area contributed by atoms with Crippen LogP contribution in [-0.4, -0.2) is 43.4 Å². The number of rotatable bonds is 8. The fourth-order valence-corrected chi connectivity index (χ4v) is 1.80. The predicted octanol–water partition coefficient (Wildman–Crippen LogP) is 1.32. The van der Waals surface area contributed by atoms with Crippen LogP contribution in [-0.2, 0) is 16.1 Å². The zero-order valence-electron chi connectivity index (χ0n) is 12.9. The van der Waals surface area contributed by atoms with E-state index in [2.05, 4.69) is 10.6 Å². The van der Waals surface area contributed by atoms with Crippen LogP contribution < -0.4 is 10.6 Å². The van der Waals surface area contributed by atoms with Gasteiger partial charge in [-0.25, -0.2) is 4.39 Å². The minimum Gasteiger partial charge on any atom is -0.350 e. The van der Waals surface area contributed by atoms with E-state index >= 15 is 0 Å². The maximum atomic E-state index is 12.8. The van der Waals surface area contributed by atoms with Gasteiger partial charge in [-0.1, -0.05) is 12.1 Å². The van der Waals surface area contributed by atoms with Crippen molar-refractivity contribution in [2.24, 2.45) is 0 Å². The molecule has 0 saturated carbocycles. The molecule has 0 aliphatic rings. The van der Waals surface area contributed by atoms with Crippen LogP contribution in [0.15, 0.2) is 24.3 Å². The first kappa shape index (κ1) is 20.3. The number of amides is 2. The summed E-state index contributed by atoms with van der Waals surface area (Å²) in [6, 6.07) is 5.93. The van der Waals surface area contributed by atoms with Crippen LogP contribution in [0.1, 0.15) is 18.9 Å². The Morgan fingerprint density at radius 1 is 1.23 bits per heavy atom. The Balaban J connectivity index is 0.00000441. The summed E-state index contributed by atoms with van der Waals surface area (Å²) in [5, 5.41) is 5.63. The highest BCUT2D eigenvalue weighted by molar-refractivity contribution is 5.85. The fourth-order valence-electron chi connectivity index (χ4n) is 1.80. The summed E-state index contributed by atoms with van der Waals surface area (Å²) in [7, 11) is 1.78. The summed E-state index contributed by atoms with van der Waals surface area (Å²) in [6.07, 6.45) is 0.371. The topological polar surface area (TPSA) is 61.4 Å². The third-order valence-corrected chi connectivity index (χ3v) is 3.06. The van der Waals surface area contributed by atoms with Gasteiger partial charge in [0.05, 0.1) is 6.54 Å². The van der Waals surface area contributed by atoms with E-state index in [4.69, 9.17) is 0 Å². The average molecular weight is 332 g/mol. The fraction of sp³-hybridized carbons (Fsp3) is 0.467. The van der Waals surface area contributed by atoms with E-state index in [0.29, 0.717) is 26.1 Å². The Morgan fingerprint density at radius 3 is 2.41 bits per heavy atom. The molecule has 0 radical (unpaired) electrons. The van der Waals surface area contributed by atoms with Gasteiger partial charge in [0.25, 0.3) is 0 Å². The van der Waals surface area contributed by atoms with Crippen LogP contribution in [0.4, 0.5) is 4.39 Å². The van der Waals surface area contributed by atoms with Crippen LogP contribution in [0.5, 0.6) is 0 Å². The molecule has 1 aromatic carbocycles. The first-order valence-corrected chi connectivity index (χ1v) is 7.00. The van der Waals surface area contributed by atoms with E-state index in [-0.39, 0.29) is 36.6 Å². The highest BCUT2D eigenvalue weighted by atomic mass is 35.5. The molecule has 0 spiro atoms. The van der Waals surface area contributed by atoms with E-state index in [1.807, 2.05) is 6.92 Å². The molecule has 5 nitrogen and oxygen atoms in total. The average Bonchev–Trinajstić information content (AvgIpc) is 2.49. The number of carbonyl (C=O) groups is 2. The lowest BCUT2D eigenvalue weighted by atomic mass is 10.2. The number of nitrogens with one attached hydrogen (secondary N) is 2. The summed E-state index contributed by atoms with van der Waals surface area (Å²) in [6.45, 7) is 3.28. The van der Waals surface area contributed by atoms with Crippen LogP contribution in [0.3, 0.4) is 0 Å². The number of likely N-dealkylation sites (N-methyl/N-ethyl adjacent to an activating group) is 1. The van der Waals surface area contributed by atoms with Crippen molar-refractivity contribution in [2.45, 2.75) is 19.9 Å². The van der Waals surface area contributed by atoms with E-state index in [0.717, 1.165) is 5.56 Å². The lowest BCUT2D eigenvalue weighted by Gasteiger charge is -2.20. The molecule has 0 aliphatic heterocycles. The molecule has 2 N–H and O–H groups in total. The molecule has 0 atom stereocenters. The first-order valence-electron chi connectivity index (χ1n) is 7.00. The van der Waals surface area contributed by atoms with Gasteiger partial charge in [-0.2, -0.15) is 0 Å². The Hall–Kier alpha value is -1.66. The van der Waals surface area contributed by atoms with E-state index in [1.165, 1.54) is 17.0 Å². The Morgan fingerprint density at radius 2 is 1.86 bits per heavy atom. The van der Waals surface area contributed by atoms with Crippen molar-refractivity contribution in [3.8, 4) is 0 Å². The highest BCUT2D eigenvalue weighted by Crippen LogP contribution is 2.02. The smallest absolute Gasteiger partial charge is 0.239 e. The molecule has 0 fully saturated rings. The second kappa shape index (κ2) is 11.0. The van der Waals surface area contributed by atoms with Crippen LogP contribution in [0.2, 0.25) is 0 Å². The van der Waals surface area contributed by atoms with Crippen molar-refractivity contribution < 1.29 is 14.0 Å². The molecule has 0 saturated heterocycles. The van der Waals surface area contributed by atoms with E-state index in [1.54, 1.807) is 19.2 Å². The Bertz CT molecular complexity index is 468. The van der Waals surface area contributed by atoms with E-state index < -0.39 is 0 Å². The lowest BCUT2D eigenvalue weighted by Crippen LogP contribution is -2.41. The monoisotopic (exact) mass is 331 g/mol. The summed E-state index contributed by atoms with van der Waals surface area (Å²) < 4.78 is 12.8.